The van der Waals surface area contributed by atoms with Crippen molar-refractivity contribution in [2.75, 3.05) is 5.32 Å². The summed E-state index contributed by atoms with van der Waals surface area (Å²) in [6, 6.07) is 5.17. The molecule has 0 aliphatic rings. The van der Waals surface area contributed by atoms with E-state index in [-0.39, 0.29) is 5.91 Å². The molecular formula is C16H17Cl2N3OS. The number of nitrogens with one attached hydrogen (secondary N) is 1. The number of carbonyl (C=O) groups excluding carboxylic acids is 1. The van der Waals surface area contributed by atoms with Crippen LogP contribution in [-0.4, -0.2) is 16.1 Å². The van der Waals surface area contributed by atoms with Gasteiger partial charge in [0.1, 0.15) is 5.01 Å². The molecule has 1 aromatic heterocycles. The van der Waals surface area contributed by atoms with Crippen LogP contribution >= 0.6 is 34.5 Å². The Morgan fingerprint density at radius 1 is 1.26 bits per heavy atom. The Morgan fingerprint density at radius 2 is 2.00 bits per heavy atom. The van der Waals surface area contributed by atoms with Crippen molar-refractivity contribution in [2.45, 2.75) is 32.6 Å². The highest BCUT2D eigenvalue weighted by molar-refractivity contribution is 7.15. The topological polar surface area (TPSA) is 54.9 Å². The van der Waals surface area contributed by atoms with Crippen LogP contribution in [0, 0.1) is 0 Å². The molecule has 23 heavy (non-hydrogen) atoms. The molecule has 1 amide bonds. The second-order valence-corrected chi connectivity index (χ2v) is 6.78. The van der Waals surface area contributed by atoms with Gasteiger partial charge in [-0.05, 0) is 36.6 Å². The van der Waals surface area contributed by atoms with Gasteiger partial charge in [-0.1, -0.05) is 54.5 Å². The lowest BCUT2D eigenvalue weighted by molar-refractivity contribution is -0.111. The maximum Gasteiger partial charge on any atom is 0.250 e. The number of benzene rings is 1. The molecule has 0 saturated carbocycles. The number of hydrogen-bond donors (Lipinski definition) is 1. The highest BCUT2D eigenvalue weighted by atomic mass is 35.5. The maximum atomic E-state index is 11.9. The lowest BCUT2D eigenvalue weighted by Crippen LogP contribution is -2.07. The van der Waals surface area contributed by atoms with Crippen LogP contribution in [0.15, 0.2) is 24.3 Å². The Bertz CT molecular complexity index is 711. The summed E-state index contributed by atoms with van der Waals surface area (Å²) < 4.78 is 0. The highest BCUT2D eigenvalue weighted by Gasteiger charge is 2.13. The molecule has 0 spiro atoms. The van der Waals surface area contributed by atoms with E-state index in [1.165, 1.54) is 17.4 Å². The fourth-order valence-electron chi connectivity index (χ4n) is 2.02. The molecule has 0 aliphatic heterocycles. The second-order valence-electron chi connectivity index (χ2n) is 4.96. The van der Waals surface area contributed by atoms with Gasteiger partial charge >= 0.3 is 0 Å². The van der Waals surface area contributed by atoms with Crippen molar-refractivity contribution < 1.29 is 4.79 Å². The Balaban J connectivity index is 1.99. The van der Waals surface area contributed by atoms with Crippen LogP contribution in [0.3, 0.4) is 0 Å². The summed E-state index contributed by atoms with van der Waals surface area (Å²) in [6.45, 7) is 4.24. The van der Waals surface area contributed by atoms with E-state index in [0.717, 1.165) is 23.4 Å². The number of aromatic nitrogens is 2. The molecule has 2 rings (SSSR count). The van der Waals surface area contributed by atoms with E-state index in [0.29, 0.717) is 21.1 Å². The van der Waals surface area contributed by atoms with Crippen LogP contribution in [0.1, 0.15) is 43.2 Å². The van der Waals surface area contributed by atoms with Gasteiger partial charge in [-0.2, -0.15) is 0 Å². The highest BCUT2D eigenvalue weighted by Crippen LogP contribution is 2.28. The van der Waals surface area contributed by atoms with Gasteiger partial charge in [-0.3, -0.25) is 10.1 Å². The minimum absolute atomic E-state index is 0.261. The van der Waals surface area contributed by atoms with E-state index in [9.17, 15) is 4.79 Å². The van der Waals surface area contributed by atoms with Crippen molar-refractivity contribution in [1.29, 1.82) is 0 Å². The molecule has 4 nitrogen and oxygen atoms in total. The van der Waals surface area contributed by atoms with Crippen LogP contribution in [-0.2, 0) is 4.79 Å². The molecule has 1 N–H and O–H groups in total. The SMILES string of the molecule is CCC(CC)c1nnc(NC(=O)/C=C/c2ccc(Cl)c(Cl)c2)s1. The summed E-state index contributed by atoms with van der Waals surface area (Å²) in [5, 5.41) is 13.3. The van der Waals surface area contributed by atoms with Gasteiger partial charge in [-0.15, -0.1) is 10.2 Å². The van der Waals surface area contributed by atoms with Gasteiger partial charge in [0.05, 0.1) is 10.0 Å². The molecule has 0 bridgehead atoms. The quantitative estimate of drug-likeness (QED) is 0.693. The first-order valence-electron chi connectivity index (χ1n) is 7.31. The van der Waals surface area contributed by atoms with Crippen molar-refractivity contribution in [3.63, 3.8) is 0 Å². The van der Waals surface area contributed by atoms with Crippen molar-refractivity contribution >= 4 is 51.7 Å². The van der Waals surface area contributed by atoms with Crippen LogP contribution in [0.2, 0.25) is 10.0 Å². The summed E-state index contributed by atoms with van der Waals surface area (Å²) in [5.74, 6) is 0.133. The van der Waals surface area contributed by atoms with Gasteiger partial charge in [0, 0.05) is 12.0 Å². The van der Waals surface area contributed by atoms with Crippen molar-refractivity contribution in [1.82, 2.24) is 10.2 Å². The monoisotopic (exact) mass is 369 g/mol. The zero-order valence-corrected chi connectivity index (χ0v) is 15.2. The number of rotatable bonds is 6. The summed E-state index contributed by atoms with van der Waals surface area (Å²) in [6.07, 6.45) is 5.12. The summed E-state index contributed by atoms with van der Waals surface area (Å²) >= 11 is 13.2. The van der Waals surface area contributed by atoms with E-state index in [1.54, 1.807) is 24.3 Å². The third-order valence-electron chi connectivity index (χ3n) is 3.38. The first-order valence-corrected chi connectivity index (χ1v) is 8.88. The minimum atomic E-state index is -0.261. The molecule has 1 heterocycles. The molecule has 0 unspecified atom stereocenters. The first kappa shape index (κ1) is 17.9. The smallest absolute Gasteiger partial charge is 0.250 e. The molecule has 7 heteroatoms. The number of nitrogens with zero attached hydrogens (tertiary/aromatic N) is 2. The van der Waals surface area contributed by atoms with E-state index in [4.69, 9.17) is 23.2 Å². The molecule has 0 atom stereocenters. The predicted octanol–water partition coefficient (Wildman–Crippen LogP) is 5.40. The van der Waals surface area contributed by atoms with Crippen LogP contribution in [0.25, 0.3) is 6.08 Å². The average molecular weight is 370 g/mol. The van der Waals surface area contributed by atoms with Crippen molar-refractivity contribution in [3.8, 4) is 0 Å². The van der Waals surface area contributed by atoms with Gasteiger partial charge in [0.25, 0.3) is 0 Å². The molecule has 2 aromatic rings. The number of carbonyl (C=O) groups is 1. The van der Waals surface area contributed by atoms with E-state index in [2.05, 4.69) is 29.4 Å². The molecule has 0 fully saturated rings. The van der Waals surface area contributed by atoms with Gasteiger partial charge in [-0.25, -0.2) is 0 Å². The van der Waals surface area contributed by atoms with Gasteiger partial charge in [0.15, 0.2) is 0 Å². The Labute approximate surface area is 149 Å². The van der Waals surface area contributed by atoms with E-state index >= 15 is 0 Å². The van der Waals surface area contributed by atoms with Crippen LogP contribution in [0.5, 0.6) is 0 Å². The van der Waals surface area contributed by atoms with E-state index < -0.39 is 0 Å². The van der Waals surface area contributed by atoms with Gasteiger partial charge in [0.2, 0.25) is 11.0 Å². The van der Waals surface area contributed by atoms with Crippen molar-refractivity contribution in [2.24, 2.45) is 0 Å². The molecule has 1 aromatic carbocycles. The molecular weight excluding hydrogens is 353 g/mol. The Morgan fingerprint density at radius 3 is 2.65 bits per heavy atom. The molecule has 0 radical (unpaired) electrons. The second kappa shape index (κ2) is 8.43. The summed E-state index contributed by atoms with van der Waals surface area (Å²) in [4.78, 5) is 11.9. The fourth-order valence-corrected chi connectivity index (χ4v) is 3.34. The summed E-state index contributed by atoms with van der Waals surface area (Å²) in [7, 11) is 0. The largest absolute Gasteiger partial charge is 0.297 e. The number of hydrogen-bond acceptors (Lipinski definition) is 4. The summed E-state index contributed by atoms with van der Waals surface area (Å²) in [5.41, 5.74) is 0.796. The van der Waals surface area contributed by atoms with Crippen LogP contribution in [0.4, 0.5) is 5.13 Å². The normalized spacial score (nSPS) is 11.3. The number of anilines is 1. The minimum Gasteiger partial charge on any atom is -0.297 e. The third kappa shape index (κ3) is 5.03. The Kier molecular flexibility index (Phi) is 6.57. The fraction of sp³-hybridized carbons (Fsp3) is 0.312. The maximum absolute atomic E-state index is 11.9. The average Bonchev–Trinajstić information content (AvgIpc) is 2.98. The number of halogens is 2. The van der Waals surface area contributed by atoms with Crippen LogP contribution < -0.4 is 5.32 Å². The van der Waals surface area contributed by atoms with Gasteiger partial charge < -0.3 is 0 Å². The van der Waals surface area contributed by atoms with Crippen molar-refractivity contribution in [3.05, 3.63) is 44.9 Å². The standard InChI is InChI=1S/C16H17Cl2N3OS/c1-3-11(4-2)15-20-21-16(23-15)19-14(22)8-6-10-5-7-12(17)13(18)9-10/h5-9,11H,3-4H2,1-2H3,(H,19,21,22)/b8-6+. The lowest BCUT2D eigenvalue weighted by atomic mass is 10.1. The predicted molar refractivity (Wildman–Crippen MR) is 97.4 cm³/mol. The lowest BCUT2D eigenvalue weighted by Gasteiger charge is -2.05. The third-order valence-corrected chi connectivity index (χ3v) is 5.12. The zero-order valence-electron chi connectivity index (χ0n) is 12.8. The molecule has 0 saturated heterocycles. The molecule has 122 valence electrons. The number of amides is 1. The van der Waals surface area contributed by atoms with E-state index in [1.807, 2.05) is 0 Å². The first-order chi connectivity index (χ1) is 11.0. The molecule has 0 aliphatic carbocycles. The zero-order chi connectivity index (χ0) is 16.8. The Hall–Kier alpha value is -1.43.